The minimum absolute atomic E-state index is 0.251. The van der Waals surface area contributed by atoms with Crippen molar-refractivity contribution in [1.82, 2.24) is 9.88 Å². The van der Waals surface area contributed by atoms with Crippen molar-refractivity contribution in [2.75, 3.05) is 13.1 Å². The van der Waals surface area contributed by atoms with E-state index in [9.17, 15) is 4.79 Å². The van der Waals surface area contributed by atoms with Gasteiger partial charge in [-0.1, -0.05) is 30.3 Å². The Morgan fingerprint density at radius 2 is 1.96 bits per heavy atom. The molecule has 0 aliphatic carbocycles. The van der Waals surface area contributed by atoms with Crippen molar-refractivity contribution in [3.05, 3.63) is 48.2 Å². The normalized spacial score (nSPS) is 15.4. The van der Waals surface area contributed by atoms with Crippen molar-refractivity contribution in [3.63, 3.8) is 0 Å². The largest absolute Gasteiger partial charge is 0.444 e. The number of pyridine rings is 1. The van der Waals surface area contributed by atoms with E-state index in [1.807, 2.05) is 39.0 Å². The molecule has 1 amide bonds. The molecule has 1 aromatic carbocycles. The third kappa shape index (κ3) is 3.70. The molecular weight excluding hydrogens is 288 g/mol. The average Bonchev–Trinajstić information content (AvgIpc) is 2.53. The maximum absolute atomic E-state index is 12.1. The molecule has 2 aromatic rings. The average molecular weight is 310 g/mol. The number of nitrogens with zero attached hydrogens (tertiary/aromatic N) is 2. The molecular formula is C19H22N2O2. The van der Waals surface area contributed by atoms with Crippen LogP contribution in [0.1, 0.15) is 32.9 Å². The first-order valence-electron chi connectivity index (χ1n) is 7.95. The molecule has 0 radical (unpaired) electrons. The van der Waals surface area contributed by atoms with Crippen LogP contribution in [0.5, 0.6) is 0 Å². The van der Waals surface area contributed by atoms with Gasteiger partial charge in [-0.15, -0.1) is 0 Å². The third-order valence-electron chi connectivity index (χ3n) is 3.79. The number of carbonyl (C=O) groups is 1. The molecule has 0 saturated carbocycles. The van der Waals surface area contributed by atoms with Gasteiger partial charge in [0.05, 0.1) is 11.2 Å². The molecule has 0 spiro atoms. The fraction of sp³-hybridized carbons (Fsp3) is 0.368. The zero-order valence-electron chi connectivity index (χ0n) is 13.9. The van der Waals surface area contributed by atoms with Crippen molar-refractivity contribution >= 4 is 22.6 Å². The molecule has 0 N–H and O–H groups in total. The molecule has 1 aliphatic heterocycles. The summed E-state index contributed by atoms with van der Waals surface area (Å²) in [7, 11) is 0. The molecule has 1 aromatic heterocycles. The highest BCUT2D eigenvalue weighted by atomic mass is 16.6. The molecule has 4 heteroatoms. The highest BCUT2D eigenvalue weighted by Gasteiger charge is 2.24. The van der Waals surface area contributed by atoms with E-state index >= 15 is 0 Å². The molecule has 1 aliphatic rings. The Morgan fingerprint density at radius 3 is 2.65 bits per heavy atom. The predicted octanol–water partition coefficient (Wildman–Crippen LogP) is 4.26. The lowest BCUT2D eigenvalue weighted by Gasteiger charge is -2.29. The SMILES string of the molecule is CC(C)(C)OC(=O)N1CC=C(c2ccc3ccccc3n2)CC1. The van der Waals surface area contributed by atoms with Crippen LogP contribution >= 0.6 is 0 Å². The number of ether oxygens (including phenoxy) is 1. The first-order chi connectivity index (χ1) is 10.9. The number of rotatable bonds is 1. The smallest absolute Gasteiger partial charge is 0.410 e. The topological polar surface area (TPSA) is 42.4 Å². The molecule has 0 bridgehead atoms. The second kappa shape index (κ2) is 6.03. The van der Waals surface area contributed by atoms with E-state index in [2.05, 4.69) is 24.3 Å². The number of hydrogen-bond acceptors (Lipinski definition) is 3. The van der Waals surface area contributed by atoms with E-state index < -0.39 is 5.60 Å². The van der Waals surface area contributed by atoms with Gasteiger partial charge in [0, 0.05) is 18.5 Å². The lowest BCUT2D eigenvalue weighted by Crippen LogP contribution is -2.39. The summed E-state index contributed by atoms with van der Waals surface area (Å²) in [6, 6.07) is 12.2. The minimum Gasteiger partial charge on any atom is -0.444 e. The molecule has 0 saturated heterocycles. The van der Waals surface area contributed by atoms with Gasteiger partial charge >= 0.3 is 6.09 Å². The van der Waals surface area contributed by atoms with Gasteiger partial charge in [-0.25, -0.2) is 9.78 Å². The van der Waals surface area contributed by atoms with Crippen LogP contribution in [0, 0.1) is 0 Å². The Kier molecular flexibility index (Phi) is 4.07. The second-order valence-electron chi connectivity index (χ2n) is 6.79. The molecule has 0 unspecified atom stereocenters. The Morgan fingerprint density at radius 1 is 1.17 bits per heavy atom. The maximum atomic E-state index is 12.1. The summed E-state index contributed by atoms with van der Waals surface area (Å²) >= 11 is 0. The highest BCUT2D eigenvalue weighted by Crippen LogP contribution is 2.24. The molecule has 3 rings (SSSR count). The summed E-state index contributed by atoms with van der Waals surface area (Å²) in [6.45, 7) is 6.88. The molecule has 0 atom stereocenters. The molecule has 23 heavy (non-hydrogen) atoms. The highest BCUT2D eigenvalue weighted by molar-refractivity contribution is 5.81. The number of aromatic nitrogens is 1. The van der Waals surface area contributed by atoms with Crippen LogP contribution in [0.2, 0.25) is 0 Å². The number of benzene rings is 1. The zero-order chi connectivity index (χ0) is 16.4. The van der Waals surface area contributed by atoms with Gasteiger partial charge in [-0.05, 0) is 44.9 Å². The Bertz CT molecular complexity index is 759. The Hall–Kier alpha value is -2.36. The summed E-state index contributed by atoms with van der Waals surface area (Å²) in [5, 5.41) is 1.14. The van der Waals surface area contributed by atoms with Crippen LogP contribution < -0.4 is 0 Å². The molecule has 2 heterocycles. The van der Waals surface area contributed by atoms with Gasteiger partial charge in [0.2, 0.25) is 0 Å². The summed E-state index contributed by atoms with van der Waals surface area (Å²) < 4.78 is 5.42. The van der Waals surface area contributed by atoms with Gasteiger partial charge in [-0.3, -0.25) is 0 Å². The van der Waals surface area contributed by atoms with E-state index in [-0.39, 0.29) is 6.09 Å². The summed E-state index contributed by atoms with van der Waals surface area (Å²) in [4.78, 5) is 18.5. The Labute approximate surface area is 136 Å². The second-order valence-corrected chi connectivity index (χ2v) is 6.79. The lowest BCUT2D eigenvalue weighted by molar-refractivity contribution is 0.0270. The van der Waals surface area contributed by atoms with E-state index in [1.165, 1.54) is 5.57 Å². The number of hydrogen-bond donors (Lipinski definition) is 0. The lowest BCUT2D eigenvalue weighted by atomic mass is 10.0. The summed E-state index contributed by atoms with van der Waals surface area (Å²) in [5.74, 6) is 0. The fourth-order valence-electron chi connectivity index (χ4n) is 2.64. The quantitative estimate of drug-likeness (QED) is 0.790. The molecule has 120 valence electrons. The molecule has 4 nitrogen and oxygen atoms in total. The van der Waals surface area contributed by atoms with Gasteiger partial charge < -0.3 is 9.64 Å². The number of fused-ring (bicyclic) bond motifs is 1. The van der Waals surface area contributed by atoms with E-state index in [1.54, 1.807) is 4.90 Å². The van der Waals surface area contributed by atoms with Crippen molar-refractivity contribution in [2.24, 2.45) is 0 Å². The number of carbonyl (C=O) groups excluding carboxylic acids is 1. The number of para-hydroxylation sites is 1. The standard InChI is InChI=1S/C19H22N2O2/c1-19(2,3)23-18(22)21-12-10-15(11-13-21)17-9-8-14-6-4-5-7-16(14)20-17/h4-10H,11-13H2,1-3H3. The van der Waals surface area contributed by atoms with Gasteiger partial charge in [-0.2, -0.15) is 0 Å². The van der Waals surface area contributed by atoms with Crippen LogP contribution in [0.15, 0.2) is 42.5 Å². The van der Waals surface area contributed by atoms with E-state index in [0.717, 1.165) is 23.0 Å². The van der Waals surface area contributed by atoms with Crippen LogP contribution in [0.25, 0.3) is 16.5 Å². The summed E-state index contributed by atoms with van der Waals surface area (Å²) in [5.41, 5.74) is 2.73. The minimum atomic E-state index is -0.457. The first-order valence-corrected chi connectivity index (χ1v) is 7.95. The van der Waals surface area contributed by atoms with Crippen molar-refractivity contribution in [2.45, 2.75) is 32.8 Å². The van der Waals surface area contributed by atoms with Crippen molar-refractivity contribution < 1.29 is 9.53 Å². The van der Waals surface area contributed by atoms with Crippen LogP contribution in [0.4, 0.5) is 4.79 Å². The van der Waals surface area contributed by atoms with Crippen LogP contribution in [-0.4, -0.2) is 34.7 Å². The summed E-state index contributed by atoms with van der Waals surface area (Å²) in [6.07, 6.45) is 2.62. The van der Waals surface area contributed by atoms with Crippen LogP contribution in [0.3, 0.4) is 0 Å². The number of amides is 1. The molecule has 0 fully saturated rings. The van der Waals surface area contributed by atoms with Gasteiger partial charge in [0.15, 0.2) is 0 Å². The fourth-order valence-corrected chi connectivity index (χ4v) is 2.64. The van der Waals surface area contributed by atoms with Gasteiger partial charge in [0.25, 0.3) is 0 Å². The zero-order valence-corrected chi connectivity index (χ0v) is 13.9. The predicted molar refractivity (Wildman–Crippen MR) is 92.1 cm³/mol. The monoisotopic (exact) mass is 310 g/mol. The van der Waals surface area contributed by atoms with Crippen molar-refractivity contribution in [3.8, 4) is 0 Å². The van der Waals surface area contributed by atoms with Gasteiger partial charge in [0.1, 0.15) is 5.60 Å². The Balaban J connectivity index is 1.74. The van der Waals surface area contributed by atoms with Crippen LogP contribution in [-0.2, 0) is 4.74 Å². The van der Waals surface area contributed by atoms with E-state index in [4.69, 9.17) is 9.72 Å². The van der Waals surface area contributed by atoms with Crippen molar-refractivity contribution in [1.29, 1.82) is 0 Å². The third-order valence-corrected chi connectivity index (χ3v) is 3.79. The first kappa shape index (κ1) is 15.5. The maximum Gasteiger partial charge on any atom is 0.410 e. The van der Waals surface area contributed by atoms with E-state index in [0.29, 0.717) is 13.1 Å².